The molecule has 0 saturated carbocycles. The van der Waals surface area contributed by atoms with Gasteiger partial charge in [-0.15, -0.1) is 0 Å². The summed E-state index contributed by atoms with van der Waals surface area (Å²) in [6.07, 6.45) is -2.72. The van der Waals surface area contributed by atoms with Crippen LogP contribution in [0.3, 0.4) is 0 Å². The van der Waals surface area contributed by atoms with Gasteiger partial charge in [-0.2, -0.15) is 11.8 Å². The normalized spacial score (nSPS) is 19.6. The van der Waals surface area contributed by atoms with Crippen molar-refractivity contribution in [3.8, 4) is 0 Å². The highest BCUT2D eigenvalue weighted by Gasteiger charge is 2.35. The average Bonchev–Trinajstić information content (AvgIpc) is 2.37. The van der Waals surface area contributed by atoms with Crippen LogP contribution in [0.25, 0.3) is 0 Å². The molecule has 1 unspecified atom stereocenters. The number of hydrogen-bond acceptors (Lipinski definition) is 4. The Kier molecular flexibility index (Phi) is 6.29. The van der Waals surface area contributed by atoms with E-state index in [1.165, 1.54) is 11.8 Å². The van der Waals surface area contributed by atoms with E-state index in [0.29, 0.717) is 5.75 Å². The monoisotopic (exact) mass is 298 g/mol. The van der Waals surface area contributed by atoms with Crippen LogP contribution in [-0.2, 0) is 4.79 Å². The van der Waals surface area contributed by atoms with Crippen molar-refractivity contribution in [1.82, 2.24) is 9.80 Å². The van der Waals surface area contributed by atoms with Gasteiger partial charge >= 0.3 is 12.0 Å². The van der Waals surface area contributed by atoms with Crippen molar-refractivity contribution in [2.75, 3.05) is 37.7 Å². The summed E-state index contributed by atoms with van der Waals surface area (Å²) < 4.78 is 24.8. The maximum absolute atomic E-state index is 12.4. The number of aliphatic hydroxyl groups excluding tert-OH is 1. The lowest BCUT2D eigenvalue weighted by Gasteiger charge is -2.36. The summed E-state index contributed by atoms with van der Waals surface area (Å²) in [4.78, 5) is 25.0. The molecular formula is C10H16F2N2O4S. The lowest BCUT2D eigenvalue weighted by molar-refractivity contribution is -0.141. The van der Waals surface area contributed by atoms with Gasteiger partial charge in [-0.1, -0.05) is 0 Å². The fraction of sp³-hybridized carbons (Fsp3) is 0.800. The standard InChI is InChI=1S/C10H16F2N2O4S/c11-8(12)5-13(1-3-15)10(18)14-2-4-19-6-7(14)9(16)17/h7-8,15H,1-6H2,(H,16,17). The van der Waals surface area contributed by atoms with Crippen molar-refractivity contribution in [3.63, 3.8) is 0 Å². The molecule has 2 amide bonds. The van der Waals surface area contributed by atoms with Crippen molar-refractivity contribution in [1.29, 1.82) is 0 Å². The Hall–Kier alpha value is -1.09. The third kappa shape index (κ3) is 4.50. The summed E-state index contributed by atoms with van der Waals surface area (Å²) in [5.74, 6) is -0.346. The molecule has 1 aliphatic rings. The van der Waals surface area contributed by atoms with Crippen LogP contribution in [0.1, 0.15) is 0 Å². The van der Waals surface area contributed by atoms with Gasteiger partial charge in [0.05, 0.1) is 13.2 Å². The predicted molar refractivity (Wildman–Crippen MR) is 65.5 cm³/mol. The molecular weight excluding hydrogens is 282 g/mol. The SMILES string of the molecule is O=C(O)C1CSCCN1C(=O)N(CCO)CC(F)F. The van der Waals surface area contributed by atoms with E-state index in [0.717, 1.165) is 9.80 Å². The van der Waals surface area contributed by atoms with Crippen molar-refractivity contribution >= 4 is 23.8 Å². The van der Waals surface area contributed by atoms with Crippen molar-refractivity contribution < 1.29 is 28.6 Å². The summed E-state index contributed by atoms with van der Waals surface area (Å²) in [5.41, 5.74) is 0. The van der Waals surface area contributed by atoms with Gasteiger partial charge in [-0.3, -0.25) is 0 Å². The third-order valence-electron chi connectivity index (χ3n) is 2.66. The number of aliphatic hydroxyl groups is 1. The number of carboxylic acid groups (broad SMARTS) is 1. The summed E-state index contributed by atoms with van der Waals surface area (Å²) in [6, 6.07) is -1.77. The van der Waals surface area contributed by atoms with Gasteiger partial charge in [0.2, 0.25) is 0 Å². The Labute approximate surface area is 113 Å². The summed E-state index contributed by atoms with van der Waals surface area (Å²) in [6.45, 7) is -1.29. The first kappa shape index (κ1) is 16.0. The van der Waals surface area contributed by atoms with Crippen LogP contribution in [0.5, 0.6) is 0 Å². The molecule has 0 aromatic rings. The van der Waals surface area contributed by atoms with Crippen molar-refractivity contribution in [2.24, 2.45) is 0 Å². The van der Waals surface area contributed by atoms with Gasteiger partial charge in [-0.05, 0) is 0 Å². The maximum Gasteiger partial charge on any atom is 0.327 e. The largest absolute Gasteiger partial charge is 0.480 e. The first-order chi connectivity index (χ1) is 8.97. The lowest BCUT2D eigenvalue weighted by atomic mass is 10.3. The number of carboxylic acids is 1. The van der Waals surface area contributed by atoms with Crippen LogP contribution in [-0.4, -0.2) is 82.2 Å². The van der Waals surface area contributed by atoms with Gasteiger partial charge in [-0.25, -0.2) is 18.4 Å². The molecule has 1 heterocycles. The Morgan fingerprint density at radius 2 is 2.16 bits per heavy atom. The third-order valence-corrected chi connectivity index (χ3v) is 3.68. The molecule has 1 aliphatic heterocycles. The number of aliphatic carboxylic acids is 1. The molecule has 6 nitrogen and oxygen atoms in total. The molecule has 0 aliphatic carbocycles. The van der Waals surface area contributed by atoms with Crippen LogP contribution in [0.15, 0.2) is 0 Å². The zero-order valence-electron chi connectivity index (χ0n) is 10.2. The number of thioether (sulfide) groups is 1. The molecule has 1 atom stereocenters. The van der Waals surface area contributed by atoms with E-state index >= 15 is 0 Å². The number of nitrogens with zero attached hydrogens (tertiary/aromatic N) is 2. The Morgan fingerprint density at radius 3 is 2.68 bits per heavy atom. The Morgan fingerprint density at radius 1 is 1.47 bits per heavy atom. The second kappa shape index (κ2) is 7.49. The zero-order valence-corrected chi connectivity index (χ0v) is 11.0. The molecule has 1 rings (SSSR count). The van der Waals surface area contributed by atoms with E-state index in [4.69, 9.17) is 10.2 Å². The van der Waals surface area contributed by atoms with Crippen LogP contribution in [0, 0.1) is 0 Å². The lowest BCUT2D eigenvalue weighted by Crippen LogP contribution is -2.56. The molecule has 0 aromatic carbocycles. The highest BCUT2D eigenvalue weighted by molar-refractivity contribution is 7.99. The van der Waals surface area contributed by atoms with Crippen LogP contribution >= 0.6 is 11.8 Å². The van der Waals surface area contributed by atoms with Gasteiger partial charge < -0.3 is 20.0 Å². The van der Waals surface area contributed by atoms with E-state index in [9.17, 15) is 18.4 Å². The minimum atomic E-state index is -2.72. The molecule has 0 radical (unpaired) electrons. The smallest absolute Gasteiger partial charge is 0.327 e. The molecule has 19 heavy (non-hydrogen) atoms. The second-order valence-corrected chi connectivity index (χ2v) is 5.12. The zero-order chi connectivity index (χ0) is 14.4. The molecule has 110 valence electrons. The first-order valence-electron chi connectivity index (χ1n) is 5.72. The minimum absolute atomic E-state index is 0.200. The van der Waals surface area contributed by atoms with E-state index in [1.54, 1.807) is 0 Å². The molecule has 0 aromatic heterocycles. The summed E-state index contributed by atoms with van der Waals surface area (Å²) in [5, 5.41) is 17.8. The highest BCUT2D eigenvalue weighted by atomic mass is 32.2. The number of amides is 2. The number of carbonyl (C=O) groups excluding carboxylic acids is 1. The first-order valence-corrected chi connectivity index (χ1v) is 6.88. The van der Waals surface area contributed by atoms with E-state index < -0.39 is 37.6 Å². The van der Waals surface area contributed by atoms with Crippen LogP contribution < -0.4 is 0 Å². The fourth-order valence-electron chi connectivity index (χ4n) is 1.77. The second-order valence-electron chi connectivity index (χ2n) is 3.97. The Bertz CT molecular complexity index is 333. The summed E-state index contributed by atoms with van der Waals surface area (Å²) >= 11 is 1.40. The van der Waals surface area contributed by atoms with Gasteiger partial charge in [0, 0.05) is 24.6 Å². The quantitative estimate of drug-likeness (QED) is 0.756. The van der Waals surface area contributed by atoms with E-state index in [-0.39, 0.29) is 18.8 Å². The number of alkyl halides is 2. The van der Waals surface area contributed by atoms with Crippen molar-refractivity contribution in [3.05, 3.63) is 0 Å². The Balaban J connectivity index is 2.77. The van der Waals surface area contributed by atoms with E-state index in [1.807, 2.05) is 0 Å². The maximum atomic E-state index is 12.4. The van der Waals surface area contributed by atoms with E-state index in [2.05, 4.69) is 0 Å². The summed E-state index contributed by atoms with van der Waals surface area (Å²) in [7, 11) is 0. The van der Waals surface area contributed by atoms with Gasteiger partial charge in [0.25, 0.3) is 6.43 Å². The number of halogens is 2. The molecule has 0 bridgehead atoms. The average molecular weight is 298 g/mol. The topological polar surface area (TPSA) is 81.1 Å². The number of urea groups is 1. The van der Waals surface area contributed by atoms with Crippen molar-refractivity contribution in [2.45, 2.75) is 12.5 Å². The number of carbonyl (C=O) groups is 2. The predicted octanol–water partition coefficient (Wildman–Crippen LogP) is 0.168. The molecule has 9 heteroatoms. The van der Waals surface area contributed by atoms with Crippen LogP contribution in [0.4, 0.5) is 13.6 Å². The molecule has 1 fully saturated rings. The number of hydrogen-bond donors (Lipinski definition) is 2. The molecule has 1 saturated heterocycles. The number of rotatable bonds is 5. The molecule has 0 spiro atoms. The minimum Gasteiger partial charge on any atom is -0.480 e. The van der Waals surface area contributed by atoms with Gasteiger partial charge in [0.1, 0.15) is 6.04 Å². The fourth-order valence-corrected chi connectivity index (χ4v) is 2.81. The highest BCUT2D eigenvalue weighted by Crippen LogP contribution is 2.18. The molecule has 2 N–H and O–H groups in total. The van der Waals surface area contributed by atoms with Gasteiger partial charge in [0.15, 0.2) is 0 Å². The van der Waals surface area contributed by atoms with Crippen LogP contribution in [0.2, 0.25) is 0 Å².